The van der Waals surface area contributed by atoms with E-state index in [0.717, 1.165) is 31.7 Å². The van der Waals surface area contributed by atoms with Crippen LogP contribution in [0.2, 0.25) is 0 Å². The second kappa shape index (κ2) is 6.15. The molecular weight excluding hydrogens is 314 g/mol. The zero-order chi connectivity index (χ0) is 17.6. The lowest BCUT2D eigenvalue weighted by Gasteiger charge is -2.17. The van der Waals surface area contributed by atoms with Gasteiger partial charge in [-0.1, -0.05) is 0 Å². The Labute approximate surface area is 147 Å². The van der Waals surface area contributed by atoms with E-state index in [1.54, 1.807) is 12.7 Å². The molecule has 1 aliphatic heterocycles. The van der Waals surface area contributed by atoms with E-state index in [4.69, 9.17) is 0 Å². The second-order valence-corrected chi connectivity index (χ2v) is 7.10. The summed E-state index contributed by atoms with van der Waals surface area (Å²) in [6, 6.07) is 4.91. The molecule has 0 N–H and O–H groups in total. The van der Waals surface area contributed by atoms with E-state index in [2.05, 4.69) is 69.4 Å². The molecule has 7 nitrogen and oxygen atoms in total. The number of rotatable bonds is 4. The third kappa shape index (κ3) is 2.89. The lowest BCUT2D eigenvalue weighted by Crippen LogP contribution is -2.22. The highest BCUT2D eigenvalue weighted by Crippen LogP contribution is 2.26. The standard InChI is InChI=1S/C18H25N7/c1-13-7-14(2)24(21-13)18-5-6-22(10-18)9-17-8-15(3)25(16(17)4)23-11-19-20-12-23/h7-8,11-12,18H,5-6,9-10H2,1-4H3/t18-/m1/s1. The third-order valence-corrected chi connectivity index (χ3v) is 5.17. The van der Waals surface area contributed by atoms with Gasteiger partial charge in [0, 0.05) is 36.7 Å². The molecule has 7 heteroatoms. The van der Waals surface area contributed by atoms with Gasteiger partial charge in [0.25, 0.3) is 0 Å². The second-order valence-electron chi connectivity index (χ2n) is 7.10. The average molecular weight is 339 g/mol. The van der Waals surface area contributed by atoms with Crippen molar-refractivity contribution in [1.82, 2.24) is 34.2 Å². The Hall–Kier alpha value is -2.41. The Morgan fingerprint density at radius 1 is 1.04 bits per heavy atom. The zero-order valence-corrected chi connectivity index (χ0v) is 15.3. The minimum Gasteiger partial charge on any atom is -0.297 e. The molecular formula is C18H25N7. The minimum atomic E-state index is 0.482. The number of hydrogen-bond donors (Lipinski definition) is 0. The normalized spacial score (nSPS) is 18.3. The topological polar surface area (TPSA) is 56.7 Å². The average Bonchev–Trinajstić information content (AvgIpc) is 3.31. The number of aryl methyl sites for hydroxylation is 3. The molecule has 3 aromatic heterocycles. The quantitative estimate of drug-likeness (QED) is 0.732. The van der Waals surface area contributed by atoms with Crippen LogP contribution in [0.4, 0.5) is 0 Å². The van der Waals surface area contributed by atoms with E-state index in [1.165, 1.54) is 22.6 Å². The van der Waals surface area contributed by atoms with Crippen molar-refractivity contribution >= 4 is 0 Å². The van der Waals surface area contributed by atoms with Crippen LogP contribution in [0, 0.1) is 27.7 Å². The molecule has 0 unspecified atom stereocenters. The molecule has 0 amide bonds. The van der Waals surface area contributed by atoms with Crippen LogP contribution in [0.5, 0.6) is 0 Å². The van der Waals surface area contributed by atoms with Crippen molar-refractivity contribution in [2.24, 2.45) is 0 Å². The fourth-order valence-corrected chi connectivity index (χ4v) is 4.04. The number of hydrogen-bond acceptors (Lipinski definition) is 4. The van der Waals surface area contributed by atoms with Crippen molar-refractivity contribution in [3.63, 3.8) is 0 Å². The van der Waals surface area contributed by atoms with Crippen molar-refractivity contribution in [2.45, 2.75) is 46.7 Å². The summed E-state index contributed by atoms with van der Waals surface area (Å²) in [7, 11) is 0. The van der Waals surface area contributed by atoms with Crippen molar-refractivity contribution in [3.8, 4) is 0 Å². The first-order chi connectivity index (χ1) is 12.0. The largest absolute Gasteiger partial charge is 0.297 e. The molecule has 1 atom stereocenters. The lowest BCUT2D eigenvalue weighted by atomic mass is 10.2. The van der Waals surface area contributed by atoms with Crippen molar-refractivity contribution in [1.29, 1.82) is 0 Å². The van der Waals surface area contributed by atoms with E-state index < -0.39 is 0 Å². The van der Waals surface area contributed by atoms with Gasteiger partial charge in [-0.05, 0) is 51.8 Å². The summed E-state index contributed by atoms with van der Waals surface area (Å²) in [6.45, 7) is 11.6. The van der Waals surface area contributed by atoms with Gasteiger partial charge in [0.05, 0.1) is 11.7 Å². The molecule has 0 radical (unpaired) electrons. The molecule has 132 valence electrons. The molecule has 1 saturated heterocycles. The lowest BCUT2D eigenvalue weighted by molar-refractivity contribution is 0.309. The van der Waals surface area contributed by atoms with Gasteiger partial charge in [-0.3, -0.25) is 14.3 Å². The maximum absolute atomic E-state index is 4.67. The number of nitrogens with zero attached hydrogens (tertiary/aromatic N) is 7. The monoisotopic (exact) mass is 339 g/mol. The van der Waals surface area contributed by atoms with Crippen LogP contribution in [0.15, 0.2) is 24.8 Å². The first kappa shape index (κ1) is 16.1. The minimum absolute atomic E-state index is 0.482. The van der Waals surface area contributed by atoms with Gasteiger partial charge in [0.1, 0.15) is 12.7 Å². The maximum atomic E-state index is 4.67. The Balaban J connectivity index is 1.50. The van der Waals surface area contributed by atoms with Crippen LogP contribution >= 0.6 is 0 Å². The van der Waals surface area contributed by atoms with Crippen LogP contribution in [-0.4, -0.2) is 47.3 Å². The van der Waals surface area contributed by atoms with Gasteiger partial charge >= 0.3 is 0 Å². The van der Waals surface area contributed by atoms with Crippen LogP contribution in [-0.2, 0) is 6.54 Å². The molecule has 0 aliphatic carbocycles. The molecule has 0 spiro atoms. The molecule has 1 fully saturated rings. The van der Waals surface area contributed by atoms with E-state index in [0.29, 0.717) is 6.04 Å². The van der Waals surface area contributed by atoms with E-state index in [9.17, 15) is 0 Å². The van der Waals surface area contributed by atoms with Crippen LogP contribution < -0.4 is 0 Å². The van der Waals surface area contributed by atoms with E-state index in [1.807, 2.05) is 4.68 Å². The summed E-state index contributed by atoms with van der Waals surface area (Å²) in [4.78, 5) is 2.53. The van der Waals surface area contributed by atoms with Gasteiger partial charge in [0.15, 0.2) is 0 Å². The zero-order valence-electron chi connectivity index (χ0n) is 15.3. The van der Waals surface area contributed by atoms with Gasteiger partial charge in [-0.15, -0.1) is 10.2 Å². The summed E-state index contributed by atoms with van der Waals surface area (Å²) in [6.07, 6.45) is 4.63. The SMILES string of the molecule is Cc1cc(C)n([C@@H]2CCN(Cc3cc(C)n(-n4cnnc4)c3C)C2)n1. The molecule has 0 saturated carbocycles. The fraction of sp³-hybridized carbons (Fsp3) is 0.500. The molecule has 0 bridgehead atoms. The van der Waals surface area contributed by atoms with Gasteiger partial charge in [-0.25, -0.2) is 4.68 Å². The first-order valence-electron chi connectivity index (χ1n) is 8.81. The predicted molar refractivity (Wildman–Crippen MR) is 95.4 cm³/mol. The summed E-state index contributed by atoms with van der Waals surface area (Å²) in [5, 5.41) is 12.5. The van der Waals surface area contributed by atoms with Crippen molar-refractivity contribution in [3.05, 3.63) is 53.1 Å². The molecule has 0 aromatic carbocycles. The molecule has 25 heavy (non-hydrogen) atoms. The van der Waals surface area contributed by atoms with Crippen molar-refractivity contribution < 1.29 is 0 Å². The number of aromatic nitrogens is 6. The molecule has 3 aromatic rings. The smallest absolute Gasteiger partial charge is 0.139 e. The van der Waals surface area contributed by atoms with Crippen molar-refractivity contribution in [2.75, 3.05) is 13.1 Å². The first-order valence-corrected chi connectivity index (χ1v) is 8.81. The van der Waals surface area contributed by atoms with Gasteiger partial charge in [-0.2, -0.15) is 5.10 Å². The van der Waals surface area contributed by atoms with Gasteiger partial charge in [0.2, 0.25) is 0 Å². The highest BCUT2D eigenvalue weighted by molar-refractivity contribution is 5.27. The highest BCUT2D eigenvalue weighted by atomic mass is 15.5. The molecule has 1 aliphatic rings. The summed E-state index contributed by atoms with van der Waals surface area (Å²) in [5.41, 5.74) is 6.16. The third-order valence-electron chi connectivity index (χ3n) is 5.17. The van der Waals surface area contributed by atoms with E-state index in [-0.39, 0.29) is 0 Å². The Bertz CT molecular complexity index is 872. The maximum Gasteiger partial charge on any atom is 0.139 e. The predicted octanol–water partition coefficient (Wildman–Crippen LogP) is 2.27. The Morgan fingerprint density at radius 2 is 1.80 bits per heavy atom. The van der Waals surface area contributed by atoms with Crippen LogP contribution in [0.3, 0.4) is 0 Å². The van der Waals surface area contributed by atoms with Crippen LogP contribution in [0.1, 0.15) is 40.8 Å². The Kier molecular flexibility index (Phi) is 3.95. The molecule has 4 heterocycles. The Morgan fingerprint density at radius 3 is 2.48 bits per heavy atom. The van der Waals surface area contributed by atoms with Crippen LogP contribution in [0.25, 0.3) is 0 Å². The fourth-order valence-electron chi connectivity index (χ4n) is 4.04. The molecule has 4 rings (SSSR count). The van der Waals surface area contributed by atoms with E-state index >= 15 is 0 Å². The summed E-state index contributed by atoms with van der Waals surface area (Å²) in [5.74, 6) is 0. The summed E-state index contributed by atoms with van der Waals surface area (Å²) >= 11 is 0. The summed E-state index contributed by atoms with van der Waals surface area (Å²) < 4.78 is 6.29. The number of likely N-dealkylation sites (tertiary alicyclic amines) is 1. The van der Waals surface area contributed by atoms with Gasteiger partial charge < -0.3 is 0 Å². The highest BCUT2D eigenvalue weighted by Gasteiger charge is 2.26.